The van der Waals surface area contributed by atoms with E-state index in [1.165, 1.54) is 7.11 Å². The lowest BCUT2D eigenvalue weighted by atomic mass is 10.0. The van der Waals surface area contributed by atoms with E-state index in [4.69, 9.17) is 9.47 Å². The fourth-order valence-electron chi connectivity index (χ4n) is 2.57. The number of anilines is 1. The molecule has 21 heavy (non-hydrogen) atoms. The third-order valence-electron chi connectivity index (χ3n) is 3.72. The number of hydrogen-bond donors (Lipinski definition) is 0. The number of benzene rings is 1. The lowest BCUT2D eigenvalue weighted by molar-refractivity contribution is -0.144. The van der Waals surface area contributed by atoms with Crippen molar-refractivity contribution in [2.24, 2.45) is 5.92 Å². The van der Waals surface area contributed by atoms with Crippen molar-refractivity contribution in [2.75, 3.05) is 25.2 Å². The van der Waals surface area contributed by atoms with Gasteiger partial charge in [-0.3, -0.25) is 9.69 Å². The number of nitrogens with zero attached hydrogens (tertiary/aromatic N) is 1. The van der Waals surface area contributed by atoms with E-state index < -0.39 is 12.0 Å². The van der Waals surface area contributed by atoms with Gasteiger partial charge in [0.1, 0.15) is 6.04 Å². The first-order valence-electron chi connectivity index (χ1n) is 7.22. The summed E-state index contributed by atoms with van der Waals surface area (Å²) >= 11 is 0. The number of ether oxygens (including phenoxy) is 2. The molecule has 1 saturated heterocycles. The van der Waals surface area contributed by atoms with Gasteiger partial charge in [0.2, 0.25) is 5.91 Å². The molecule has 1 aliphatic rings. The minimum absolute atomic E-state index is 0.0732. The molecule has 0 saturated carbocycles. The van der Waals surface area contributed by atoms with E-state index in [0.29, 0.717) is 31.7 Å². The summed E-state index contributed by atoms with van der Waals surface area (Å²) in [6, 6.07) is 8.64. The van der Waals surface area contributed by atoms with Crippen molar-refractivity contribution in [3.05, 3.63) is 30.3 Å². The monoisotopic (exact) mass is 291 g/mol. The van der Waals surface area contributed by atoms with E-state index in [2.05, 4.69) is 0 Å². The van der Waals surface area contributed by atoms with E-state index in [0.717, 1.165) is 0 Å². The second-order valence-electron chi connectivity index (χ2n) is 5.05. The second kappa shape index (κ2) is 7.22. The molecular weight excluding hydrogens is 270 g/mol. The topological polar surface area (TPSA) is 55.8 Å². The zero-order chi connectivity index (χ0) is 15.2. The summed E-state index contributed by atoms with van der Waals surface area (Å²) in [4.78, 5) is 26.4. The average molecular weight is 291 g/mol. The van der Waals surface area contributed by atoms with Gasteiger partial charge in [-0.1, -0.05) is 25.1 Å². The number of para-hydroxylation sites is 1. The summed E-state index contributed by atoms with van der Waals surface area (Å²) in [7, 11) is 1.34. The molecule has 0 spiro atoms. The molecule has 2 rings (SSSR count). The smallest absolute Gasteiger partial charge is 0.328 e. The van der Waals surface area contributed by atoms with Gasteiger partial charge in [-0.2, -0.15) is 0 Å². The Morgan fingerprint density at radius 2 is 2.10 bits per heavy atom. The van der Waals surface area contributed by atoms with E-state index in [1.54, 1.807) is 4.90 Å². The molecule has 1 aromatic rings. The highest BCUT2D eigenvalue weighted by Gasteiger charge is 2.35. The highest BCUT2D eigenvalue weighted by Crippen LogP contribution is 2.25. The van der Waals surface area contributed by atoms with Crippen molar-refractivity contribution in [3.63, 3.8) is 0 Å². The third-order valence-corrected chi connectivity index (χ3v) is 3.72. The van der Waals surface area contributed by atoms with Crippen molar-refractivity contribution in [2.45, 2.75) is 25.8 Å². The van der Waals surface area contributed by atoms with Crippen LogP contribution in [-0.2, 0) is 19.1 Å². The second-order valence-corrected chi connectivity index (χ2v) is 5.05. The van der Waals surface area contributed by atoms with Crippen molar-refractivity contribution >= 4 is 17.6 Å². The first-order valence-corrected chi connectivity index (χ1v) is 7.22. The zero-order valence-corrected chi connectivity index (χ0v) is 12.5. The van der Waals surface area contributed by atoms with Crippen LogP contribution in [0.1, 0.15) is 19.8 Å². The van der Waals surface area contributed by atoms with E-state index in [9.17, 15) is 9.59 Å². The van der Waals surface area contributed by atoms with Crippen LogP contribution >= 0.6 is 0 Å². The van der Waals surface area contributed by atoms with Gasteiger partial charge in [0.25, 0.3) is 0 Å². The number of amides is 1. The first-order chi connectivity index (χ1) is 10.2. The van der Waals surface area contributed by atoms with Crippen LogP contribution in [0.3, 0.4) is 0 Å². The fourth-order valence-corrected chi connectivity index (χ4v) is 2.57. The maximum absolute atomic E-state index is 12.8. The van der Waals surface area contributed by atoms with Gasteiger partial charge in [-0.15, -0.1) is 0 Å². The summed E-state index contributed by atoms with van der Waals surface area (Å²) in [5.74, 6) is -0.659. The van der Waals surface area contributed by atoms with Gasteiger partial charge in [-0.05, 0) is 25.0 Å². The third kappa shape index (κ3) is 3.42. The highest BCUT2D eigenvalue weighted by atomic mass is 16.5. The number of hydrogen-bond acceptors (Lipinski definition) is 4. The standard InChI is InChI=1S/C16H21NO4/c1-3-14(16(19)20-2)17(13-7-5-4-6-8-13)15(18)12-9-10-21-11-12/h4-8,12,14H,3,9-11H2,1-2H3/t12-,14-/m0/s1. The summed E-state index contributed by atoms with van der Waals surface area (Å²) in [5.41, 5.74) is 0.714. The Morgan fingerprint density at radius 1 is 1.38 bits per heavy atom. The van der Waals surface area contributed by atoms with Crippen molar-refractivity contribution in [3.8, 4) is 0 Å². The molecule has 1 amide bonds. The quantitative estimate of drug-likeness (QED) is 0.779. The summed E-state index contributed by atoms with van der Waals surface area (Å²) in [5, 5.41) is 0. The van der Waals surface area contributed by atoms with Gasteiger partial charge < -0.3 is 9.47 Å². The highest BCUT2D eigenvalue weighted by molar-refractivity contribution is 6.00. The van der Waals surface area contributed by atoms with E-state index >= 15 is 0 Å². The predicted octanol–water partition coefficient (Wildman–Crippen LogP) is 2.01. The summed E-state index contributed by atoms with van der Waals surface area (Å²) in [6.45, 7) is 2.88. The normalized spacial score (nSPS) is 19.0. The molecule has 1 aliphatic heterocycles. The van der Waals surface area contributed by atoms with Crippen LogP contribution in [0.25, 0.3) is 0 Å². The molecule has 0 unspecified atom stereocenters. The molecule has 5 nitrogen and oxygen atoms in total. The molecular formula is C16H21NO4. The largest absolute Gasteiger partial charge is 0.467 e. The molecule has 0 aliphatic carbocycles. The van der Waals surface area contributed by atoms with Crippen LogP contribution in [0.15, 0.2) is 30.3 Å². The summed E-state index contributed by atoms with van der Waals surface area (Å²) in [6.07, 6.45) is 1.20. The van der Waals surface area contributed by atoms with E-state index in [1.807, 2.05) is 37.3 Å². The lowest BCUT2D eigenvalue weighted by Crippen LogP contribution is -2.48. The van der Waals surface area contributed by atoms with Crippen LogP contribution in [-0.4, -0.2) is 38.2 Å². The number of rotatable bonds is 5. The Morgan fingerprint density at radius 3 is 2.62 bits per heavy atom. The van der Waals surface area contributed by atoms with E-state index in [-0.39, 0.29) is 11.8 Å². The number of methoxy groups -OCH3 is 1. The molecule has 0 radical (unpaired) electrons. The van der Waals surface area contributed by atoms with Crippen LogP contribution in [0.4, 0.5) is 5.69 Å². The Hall–Kier alpha value is -1.88. The number of carbonyl (C=O) groups excluding carboxylic acids is 2. The summed E-state index contributed by atoms with van der Waals surface area (Å²) < 4.78 is 10.2. The minimum atomic E-state index is -0.606. The van der Waals surface area contributed by atoms with Crippen LogP contribution in [0, 0.1) is 5.92 Å². The Bertz CT molecular complexity index is 482. The zero-order valence-electron chi connectivity index (χ0n) is 12.5. The Kier molecular flexibility index (Phi) is 5.33. The van der Waals surface area contributed by atoms with Crippen LogP contribution in [0.2, 0.25) is 0 Å². The van der Waals surface area contributed by atoms with Gasteiger partial charge in [0.15, 0.2) is 0 Å². The van der Waals surface area contributed by atoms with Gasteiger partial charge in [-0.25, -0.2) is 4.79 Å². The van der Waals surface area contributed by atoms with Crippen LogP contribution in [0.5, 0.6) is 0 Å². The van der Waals surface area contributed by atoms with Gasteiger partial charge in [0.05, 0.1) is 19.6 Å². The molecule has 1 fully saturated rings. The SMILES string of the molecule is CC[C@@H](C(=O)OC)N(C(=O)[C@H]1CCOC1)c1ccccc1. The average Bonchev–Trinajstić information content (AvgIpc) is 3.06. The Balaban J connectivity index is 2.33. The predicted molar refractivity (Wildman–Crippen MR) is 78.9 cm³/mol. The molecule has 1 aromatic carbocycles. The Labute approximate surface area is 124 Å². The number of esters is 1. The number of carbonyl (C=O) groups is 2. The fraction of sp³-hybridized carbons (Fsp3) is 0.500. The molecule has 0 bridgehead atoms. The van der Waals surface area contributed by atoms with Crippen LogP contribution < -0.4 is 4.90 Å². The maximum Gasteiger partial charge on any atom is 0.328 e. The molecule has 0 N–H and O–H groups in total. The first kappa shape index (κ1) is 15.5. The molecule has 1 heterocycles. The van der Waals surface area contributed by atoms with Crippen molar-refractivity contribution in [1.82, 2.24) is 0 Å². The molecule has 2 atom stereocenters. The molecule has 5 heteroatoms. The lowest BCUT2D eigenvalue weighted by Gasteiger charge is -2.31. The maximum atomic E-state index is 12.8. The molecule has 0 aromatic heterocycles. The van der Waals surface area contributed by atoms with Gasteiger partial charge >= 0.3 is 5.97 Å². The van der Waals surface area contributed by atoms with Crippen molar-refractivity contribution in [1.29, 1.82) is 0 Å². The van der Waals surface area contributed by atoms with Crippen molar-refractivity contribution < 1.29 is 19.1 Å². The minimum Gasteiger partial charge on any atom is -0.467 e. The molecule has 114 valence electrons. The van der Waals surface area contributed by atoms with Gasteiger partial charge in [0, 0.05) is 12.3 Å².